The Balaban J connectivity index is 1.77. The van der Waals surface area contributed by atoms with Crippen LogP contribution < -0.4 is 5.32 Å². The lowest BCUT2D eigenvalue weighted by molar-refractivity contribution is 0.0939. The van der Waals surface area contributed by atoms with Gasteiger partial charge in [-0.15, -0.1) is 11.3 Å². The van der Waals surface area contributed by atoms with E-state index in [1.807, 2.05) is 68.0 Å². The summed E-state index contributed by atoms with van der Waals surface area (Å²) in [6.07, 6.45) is 0. The molecule has 0 saturated carbocycles. The fourth-order valence-electron chi connectivity index (χ4n) is 2.81. The summed E-state index contributed by atoms with van der Waals surface area (Å²) in [7, 11) is 4.03. The van der Waals surface area contributed by atoms with Crippen molar-refractivity contribution in [2.24, 2.45) is 0 Å². The molecule has 28 heavy (non-hydrogen) atoms. The highest BCUT2D eigenvalue weighted by molar-refractivity contribution is 7.99. The highest BCUT2D eigenvalue weighted by Gasteiger charge is 2.18. The largest absolute Gasteiger partial charge is 0.350 e. The van der Waals surface area contributed by atoms with Gasteiger partial charge in [-0.3, -0.25) is 4.79 Å². The van der Waals surface area contributed by atoms with Gasteiger partial charge in [0.05, 0.1) is 17.2 Å². The third-order valence-corrected chi connectivity index (χ3v) is 6.44. The molecule has 1 N–H and O–H groups in total. The molecule has 0 radical (unpaired) electrons. The normalized spacial score (nSPS) is 11.8. The minimum atomic E-state index is -0.110. The second-order valence-electron chi connectivity index (χ2n) is 6.41. The van der Waals surface area contributed by atoms with Gasteiger partial charge in [0.2, 0.25) is 0 Å². The summed E-state index contributed by atoms with van der Waals surface area (Å²) in [5.41, 5.74) is 1.22. The molecule has 4 nitrogen and oxygen atoms in total. The number of nitriles is 1. The first-order chi connectivity index (χ1) is 13.6. The Hall–Kier alpha value is -2.59. The predicted molar refractivity (Wildman–Crippen MR) is 115 cm³/mol. The van der Waals surface area contributed by atoms with Crippen LogP contribution in [0.5, 0.6) is 0 Å². The maximum Gasteiger partial charge on any atom is 0.252 e. The first-order valence-electron chi connectivity index (χ1n) is 8.84. The molecule has 1 atom stereocenters. The Morgan fingerprint density at radius 2 is 1.82 bits per heavy atom. The zero-order valence-corrected chi connectivity index (χ0v) is 17.4. The monoisotopic (exact) mass is 407 g/mol. The van der Waals surface area contributed by atoms with Gasteiger partial charge < -0.3 is 10.2 Å². The zero-order chi connectivity index (χ0) is 19.9. The molecule has 0 unspecified atom stereocenters. The number of benzene rings is 2. The van der Waals surface area contributed by atoms with E-state index >= 15 is 0 Å². The van der Waals surface area contributed by atoms with Crippen LogP contribution in [0.25, 0.3) is 0 Å². The van der Waals surface area contributed by atoms with Gasteiger partial charge in [0.25, 0.3) is 5.91 Å². The van der Waals surface area contributed by atoms with E-state index in [1.165, 1.54) is 16.6 Å². The van der Waals surface area contributed by atoms with Gasteiger partial charge in [0.1, 0.15) is 6.07 Å². The first kappa shape index (κ1) is 20.2. The summed E-state index contributed by atoms with van der Waals surface area (Å²) in [5, 5.41) is 14.4. The molecule has 0 fully saturated rings. The van der Waals surface area contributed by atoms with Crippen LogP contribution in [0.3, 0.4) is 0 Å². The van der Waals surface area contributed by atoms with Crippen LogP contribution in [0.1, 0.15) is 26.8 Å². The van der Waals surface area contributed by atoms with E-state index in [0.29, 0.717) is 17.7 Å². The minimum Gasteiger partial charge on any atom is -0.350 e. The molecule has 1 heterocycles. The van der Waals surface area contributed by atoms with Gasteiger partial charge in [-0.2, -0.15) is 5.26 Å². The molecule has 6 heteroatoms. The fourth-order valence-corrected chi connectivity index (χ4v) is 4.76. The summed E-state index contributed by atoms with van der Waals surface area (Å²) in [4.78, 5) is 17.9. The molecule has 1 amide bonds. The average Bonchev–Trinajstić information content (AvgIpc) is 3.23. The molecular formula is C22H21N3OS2. The predicted octanol–water partition coefficient (Wildman–Crippen LogP) is 4.80. The zero-order valence-electron chi connectivity index (χ0n) is 15.8. The molecule has 0 aliphatic heterocycles. The number of hydrogen-bond donors (Lipinski definition) is 1. The number of hydrogen-bond acceptors (Lipinski definition) is 5. The van der Waals surface area contributed by atoms with Gasteiger partial charge in [0, 0.05) is 21.2 Å². The maximum atomic E-state index is 12.9. The van der Waals surface area contributed by atoms with E-state index in [1.54, 1.807) is 17.4 Å². The topological polar surface area (TPSA) is 56.1 Å². The summed E-state index contributed by atoms with van der Waals surface area (Å²) in [6.45, 7) is 0.528. The van der Waals surface area contributed by atoms with Crippen molar-refractivity contribution in [2.45, 2.75) is 15.8 Å². The van der Waals surface area contributed by atoms with Gasteiger partial charge in [-0.25, -0.2) is 0 Å². The molecule has 1 aromatic heterocycles. The van der Waals surface area contributed by atoms with Gasteiger partial charge in [-0.05, 0) is 49.8 Å². The lowest BCUT2D eigenvalue weighted by atomic mass is 10.2. The standard InChI is InChI=1S/C22H21N3OS2/c1-25(2)18(21-12-7-13-27-21)15-24-22(26)17-9-4-6-11-20(17)28-19-10-5-3-8-16(19)14-23/h3-13,18H,15H2,1-2H3,(H,24,26)/t18-/m0/s1. The number of rotatable bonds is 7. The number of likely N-dealkylation sites (N-methyl/N-ethyl adjacent to an activating group) is 1. The van der Waals surface area contributed by atoms with Crippen molar-refractivity contribution in [2.75, 3.05) is 20.6 Å². The van der Waals surface area contributed by atoms with Crippen molar-refractivity contribution < 1.29 is 4.79 Å². The van der Waals surface area contributed by atoms with Crippen LogP contribution in [0.2, 0.25) is 0 Å². The van der Waals surface area contributed by atoms with Crippen LogP contribution in [0.15, 0.2) is 75.8 Å². The summed E-state index contributed by atoms with van der Waals surface area (Å²) in [5.74, 6) is -0.110. The lowest BCUT2D eigenvalue weighted by Gasteiger charge is -2.23. The first-order valence-corrected chi connectivity index (χ1v) is 10.5. The third kappa shape index (κ3) is 4.82. The molecule has 0 spiro atoms. The fraction of sp³-hybridized carbons (Fsp3) is 0.182. The smallest absolute Gasteiger partial charge is 0.252 e. The van der Waals surface area contributed by atoms with E-state index in [9.17, 15) is 10.1 Å². The maximum absolute atomic E-state index is 12.9. The molecule has 0 aliphatic rings. The molecule has 0 bridgehead atoms. The second kappa shape index (κ2) is 9.56. The number of carbonyl (C=O) groups is 1. The van der Waals surface area contributed by atoms with Crippen molar-refractivity contribution in [3.63, 3.8) is 0 Å². The lowest BCUT2D eigenvalue weighted by Crippen LogP contribution is -2.34. The molecule has 0 saturated heterocycles. The van der Waals surface area contributed by atoms with Crippen LogP contribution in [0, 0.1) is 11.3 Å². The van der Waals surface area contributed by atoms with E-state index in [-0.39, 0.29) is 11.9 Å². The van der Waals surface area contributed by atoms with Gasteiger partial charge in [-0.1, -0.05) is 42.1 Å². The van der Waals surface area contributed by atoms with Crippen LogP contribution >= 0.6 is 23.1 Å². The average molecular weight is 408 g/mol. The van der Waals surface area contributed by atoms with Crippen molar-refractivity contribution in [3.05, 3.63) is 82.0 Å². The van der Waals surface area contributed by atoms with Crippen molar-refractivity contribution in [1.82, 2.24) is 10.2 Å². The minimum absolute atomic E-state index is 0.110. The van der Waals surface area contributed by atoms with E-state index in [2.05, 4.69) is 22.4 Å². The number of nitrogens with one attached hydrogen (secondary N) is 1. The van der Waals surface area contributed by atoms with Crippen LogP contribution in [-0.4, -0.2) is 31.4 Å². The van der Waals surface area contributed by atoms with Crippen molar-refractivity contribution >= 4 is 29.0 Å². The molecule has 0 aliphatic carbocycles. The van der Waals surface area contributed by atoms with E-state index in [4.69, 9.17) is 0 Å². The number of nitrogens with zero attached hydrogens (tertiary/aromatic N) is 2. The highest BCUT2D eigenvalue weighted by atomic mass is 32.2. The molecule has 2 aromatic carbocycles. The number of thiophene rings is 1. The molecule has 142 valence electrons. The van der Waals surface area contributed by atoms with Crippen molar-refractivity contribution in [3.8, 4) is 6.07 Å². The number of amides is 1. The van der Waals surface area contributed by atoms with Gasteiger partial charge in [0.15, 0.2) is 0 Å². The Morgan fingerprint density at radius 3 is 2.50 bits per heavy atom. The van der Waals surface area contributed by atoms with Gasteiger partial charge >= 0.3 is 0 Å². The highest BCUT2D eigenvalue weighted by Crippen LogP contribution is 2.32. The SMILES string of the molecule is CN(C)[C@@H](CNC(=O)c1ccccc1Sc1ccccc1C#N)c1cccs1. The van der Waals surface area contributed by atoms with Crippen LogP contribution in [0.4, 0.5) is 0 Å². The molecule has 3 rings (SSSR count). The van der Waals surface area contributed by atoms with E-state index < -0.39 is 0 Å². The quantitative estimate of drug-likeness (QED) is 0.611. The Bertz CT molecular complexity index is 977. The van der Waals surface area contributed by atoms with Crippen molar-refractivity contribution in [1.29, 1.82) is 5.26 Å². The third-order valence-electron chi connectivity index (χ3n) is 4.31. The molecule has 3 aromatic rings. The Labute approximate surface area is 173 Å². The van der Waals surface area contributed by atoms with E-state index in [0.717, 1.165) is 9.79 Å². The Morgan fingerprint density at radius 1 is 1.11 bits per heavy atom. The summed E-state index contributed by atoms with van der Waals surface area (Å²) >= 11 is 3.13. The second-order valence-corrected chi connectivity index (χ2v) is 8.47. The van der Waals surface area contributed by atoms with Crippen LogP contribution in [-0.2, 0) is 0 Å². The molecular weight excluding hydrogens is 386 g/mol. The summed E-state index contributed by atoms with van der Waals surface area (Å²) < 4.78 is 0. The Kier molecular flexibility index (Phi) is 6.88. The summed E-state index contributed by atoms with van der Waals surface area (Å²) in [6, 6.07) is 21.4. The number of carbonyl (C=O) groups excluding carboxylic acids is 1.